The molecule has 1 atom stereocenters. The monoisotopic (exact) mass is 375 g/mol. The lowest BCUT2D eigenvalue weighted by Crippen LogP contribution is -2.42. The second kappa shape index (κ2) is 7.58. The van der Waals surface area contributed by atoms with Crippen molar-refractivity contribution in [3.8, 4) is 11.5 Å². The van der Waals surface area contributed by atoms with E-state index in [4.69, 9.17) is 9.47 Å². The molecule has 26 heavy (non-hydrogen) atoms. The summed E-state index contributed by atoms with van der Waals surface area (Å²) in [4.78, 5) is 0.216. The predicted octanol–water partition coefficient (Wildman–Crippen LogP) is 4.01. The summed E-state index contributed by atoms with van der Waals surface area (Å²) in [6.45, 7) is 6.62. The zero-order chi connectivity index (χ0) is 18.7. The van der Waals surface area contributed by atoms with E-state index in [0.29, 0.717) is 24.7 Å². The van der Waals surface area contributed by atoms with E-state index >= 15 is 0 Å². The summed E-state index contributed by atoms with van der Waals surface area (Å²) in [5.74, 6) is 1.01. The maximum atomic E-state index is 13.4. The fraction of sp³-hybridized carbons (Fsp3) is 0.400. The average molecular weight is 375 g/mol. The first-order valence-electron chi connectivity index (χ1n) is 9.01. The largest absolute Gasteiger partial charge is 0.490 e. The Hall–Kier alpha value is -2.21. The number of benzene rings is 2. The summed E-state index contributed by atoms with van der Waals surface area (Å²) in [6, 6.07) is 12.4. The van der Waals surface area contributed by atoms with Crippen molar-refractivity contribution in [2.45, 2.75) is 44.6 Å². The van der Waals surface area contributed by atoms with E-state index in [2.05, 4.69) is 0 Å². The van der Waals surface area contributed by atoms with Gasteiger partial charge in [-0.3, -0.25) is 4.31 Å². The standard InChI is InChI=1S/C20H25NO4S/c1-4-24-19-13-12-17(14-20(19)25-5-2)26(22,23)21-15(3)10-11-16-8-6-7-9-18(16)21/h6-9,12-15H,4-5,10-11H2,1-3H3. The number of fused-ring (bicyclic) bond motifs is 1. The molecule has 5 nitrogen and oxygen atoms in total. The summed E-state index contributed by atoms with van der Waals surface area (Å²) in [7, 11) is -3.70. The minimum atomic E-state index is -3.70. The zero-order valence-electron chi connectivity index (χ0n) is 15.4. The van der Waals surface area contributed by atoms with Crippen molar-refractivity contribution in [1.82, 2.24) is 0 Å². The number of ether oxygens (including phenoxy) is 2. The van der Waals surface area contributed by atoms with Crippen LogP contribution in [0.15, 0.2) is 47.4 Å². The first kappa shape index (κ1) is 18.6. The minimum absolute atomic E-state index is 0.1000. The third-order valence-corrected chi connectivity index (χ3v) is 6.46. The molecule has 140 valence electrons. The van der Waals surface area contributed by atoms with Gasteiger partial charge in [0.2, 0.25) is 0 Å². The highest BCUT2D eigenvalue weighted by Crippen LogP contribution is 2.37. The van der Waals surface area contributed by atoms with Gasteiger partial charge in [0.05, 0.1) is 23.8 Å². The molecule has 0 radical (unpaired) electrons. The summed E-state index contributed by atoms with van der Waals surface area (Å²) in [5, 5.41) is 0. The van der Waals surface area contributed by atoms with Gasteiger partial charge >= 0.3 is 0 Å². The van der Waals surface area contributed by atoms with Crippen LogP contribution < -0.4 is 13.8 Å². The maximum Gasteiger partial charge on any atom is 0.264 e. The van der Waals surface area contributed by atoms with E-state index in [1.54, 1.807) is 18.2 Å². The van der Waals surface area contributed by atoms with E-state index in [9.17, 15) is 8.42 Å². The van der Waals surface area contributed by atoms with Crippen LogP contribution in [0.2, 0.25) is 0 Å². The average Bonchev–Trinajstić information content (AvgIpc) is 2.63. The lowest BCUT2D eigenvalue weighted by Gasteiger charge is -2.36. The Morgan fingerprint density at radius 2 is 1.73 bits per heavy atom. The Kier molecular flexibility index (Phi) is 5.41. The van der Waals surface area contributed by atoms with Crippen LogP contribution in [0.5, 0.6) is 11.5 Å². The van der Waals surface area contributed by atoms with Gasteiger partial charge in [0.1, 0.15) is 0 Å². The molecule has 3 rings (SSSR count). The molecule has 0 amide bonds. The van der Waals surface area contributed by atoms with Gasteiger partial charge in [-0.2, -0.15) is 0 Å². The quantitative estimate of drug-likeness (QED) is 0.765. The van der Waals surface area contributed by atoms with Gasteiger partial charge in [0, 0.05) is 12.1 Å². The van der Waals surface area contributed by atoms with Gasteiger partial charge in [-0.1, -0.05) is 18.2 Å². The van der Waals surface area contributed by atoms with Gasteiger partial charge < -0.3 is 9.47 Å². The molecule has 1 aliphatic heterocycles. The highest BCUT2D eigenvalue weighted by molar-refractivity contribution is 7.92. The molecule has 0 spiro atoms. The van der Waals surface area contributed by atoms with Crippen LogP contribution in [0.4, 0.5) is 5.69 Å². The fourth-order valence-corrected chi connectivity index (χ4v) is 5.07. The second-order valence-electron chi connectivity index (χ2n) is 6.29. The molecule has 1 unspecified atom stereocenters. The first-order valence-corrected chi connectivity index (χ1v) is 10.4. The van der Waals surface area contributed by atoms with Gasteiger partial charge in [-0.05, 0) is 57.4 Å². The molecule has 1 aliphatic rings. The SMILES string of the molecule is CCOc1ccc(S(=O)(=O)N2c3ccccc3CCC2C)cc1OCC. The molecule has 2 aromatic rings. The summed E-state index contributed by atoms with van der Waals surface area (Å²) < 4.78 is 39.5. The predicted molar refractivity (Wildman–Crippen MR) is 103 cm³/mol. The fourth-order valence-electron chi connectivity index (χ4n) is 3.33. The molecule has 0 aromatic heterocycles. The Bertz CT molecular complexity index is 879. The van der Waals surface area contributed by atoms with Crippen molar-refractivity contribution in [3.05, 3.63) is 48.0 Å². The highest BCUT2D eigenvalue weighted by atomic mass is 32.2. The van der Waals surface area contributed by atoms with Crippen LogP contribution in [0.3, 0.4) is 0 Å². The first-order chi connectivity index (χ1) is 12.5. The van der Waals surface area contributed by atoms with Crippen LogP contribution in [-0.4, -0.2) is 27.7 Å². The topological polar surface area (TPSA) is 55.8 Å². The Labute approximate surface area is 155 Å². The van der Waals surface area contributed by atoms with Gasteiger partial charge in [-0.15, -0.1) is 0 Å². The number of nitrogens with zero attached hydrogens (tertiary/aromatic N) is 1. The normalized spacial score (nSPS) is 16.9. The second-order valence-corrected chi connectivity index (χ2v) is 8.11. The third kappa shape index (κ3) is 3.38. The number of rotatable bonds is 6. The Morgan fingerprint density at radius 3 is 2.46 bits per heavy atom. The van der Waals surface area contributed by atoms with E-state index in [-0.39, 0.29) is 10.9 Å². The van der Waals surface area contributed by atoms with E-state index in [1.165, 1.54) is 4.31 Å². The van der Waals surface area contributed by atoms with Gasteiger partial charge in [0.15, 0.2) is 11.5 Å². The van der Waals surface area contributed by atoms with E-state index in [0.717, 1.165) is 24.1 Å². The number of hydrogen-bond donors (Lipinski definition) is 0. The van der Waals surface area contributed by atoms with Crippen LogP contribution in [-0.2, 0) is 16.4 Å². The summed E-state index contributed by atoms with van der Waals surface area (Å²) >= 11 is 0. The molecule has 1 heterocycles. The molecule has 0 saturated heterocycles. The van der Waals surface area contributed by atoms with Crippen molar-refractivity contribution in [1.29, 1.82) is 0 Å². The van der Waals surface area contributed by atoms with Crippen molar-refractivity contribution < 1.29 is 17.9 Å². The van der Waals surface area contributed by atoms with Crippen LogP contribution in [0.25, 0.3) is 0 Å². The van der Waals surface area contributed by atoms with Crippen LogP contribution in [0, 0.1) is 0 Å². The molecule has 6 heteroatoms. The molecule has 2 aromatic carbocycles. The zero-order valence-corrected chi connectivity index (χ0v) is 16.3. The molecular formula is C20H25NO4S. The number of hydrogen-bond acceptors (Lipinski definition) is 4. The lowest BCUT2D eigenvalue weighted by molar-refractivity contribution is 0.287. The van der Waals surface area contributed by atoms with E-state index < -0.39 is 10.0 Å². The summed E-state index contributed by atoms with van der Waals surface area (Å²) in [5.41, 5.74) is 1.82. The highest BCUT2D eigenvalue weighted by Gasteiger charge is 2.34. The number of anilines is 1. The van der Waals surface area contributed by atoms with Crippen molar-refractivity contribution in [2.24, 2.45) is 0 Å². The maximum absolute atomic E-state index is 13.4. The van der Waals surface area contributed by atoms with E-state index in [1.807, 2.05) is 45.0 Å². The molecule has 0 bridgehead atoms. The van der Waals surface area contributed by atoms with Crippen molar-refractivity contribution >= 4 is 15.7 Å². The molecule has 0 N–H and O–H groups in total. The molecule has 0 fully saturated rings. The number of para-hydroxylation sites is 1. The minimum Gasteiger partial charge on any atom is -0.490 e. The Morgan fingerprint density at radius 1 is 1.04 bits per heavy atom. The number of aryl methyl sites for hydroxylation is 1. The smallest absolute Gasteiger partial charge is 0.264 e. The van der Waals surface area contributed by atoms with Gasteiger partial charge in [0.25, 0.3) is 10.0 Å². The van der Waals surface area contributed by atoms with Crippen LogP contribution >= 0.6 is 0 Å². The Balaban J connectivity index is 2.07. The molecule has 0 aliphatic carbocycles. The number of sulfonamides is 1. The lowest BCUT2D eigenvalue weighted by atomic mass is 9.99. The summed E-state index contributed by atoms with van der Waals surface area (Å²) in [6.07, 6.45) is 1.68. The van der Waals surface area contributed by atoms with Gasteiger partial charge in [-0.25, -0.2) is 8.42 Å². The molecular weight excluding hydrogens is 350 g/mol. The molecule has 0 saturated carbocycles. The van der Waals surface area contributed by atoms with Crippen molar-refractivity contribution in [2.75, 3.05) is 17.5 Å². The third-order valence-electron chi connectivity index (χ3n) is 4.53. The van der Waals surface area contributed by atoms with Crippen molar-refractivity contribution in [3.63, 3.8) is 0 Å². The van der Waals surface area contributed by atoms with Crippen LogP contribution in [0.1, 0.15) is 32.8 Å².